The third-order valence-corrected chi connectivity index (χ3v) is 2.11. The van der Waals surface area contributed by atoms with E-state index < -0.39 is 18.9 Å². The van der Waals surface area contributed by atoms with Crippen LogP contribution in [0.4, 0.5) is 23.7 Å². The number of halogens is 3. The average Bonchev–Trinajstić information content (AvgIpc) is 2.27. The van der Waals surface area contributed by atoms with E-state index in [1.54, 1.807) is 24.3 Å². The molecule has 0 saturated carbocycles. The van der Waals surface area contributed by atoms with Crippen LogP contribution in [0.15, 0.2) is 24.3 Å². The predicted octanol–water partition coefficient (Wildman–Crippen LogP) is 2.86. The molecule has 0 aliphatic rings. The van der Waals surface area contributed by atoms with Gasteiger partial charge in [-0.05, 0) is 25.7 Å². The molecule has 0 atom stereocenters. The fourth-order valence-corrected chi connectivity index (χ4v) is 1.41. The van der Waals surface area contributed by atoms with Crippen molar-refractivity contribution in [3.05, 3.63) is 29.8 Å². The maximum Gasteiger partial charge on any atom is 0.422 e. The molecule has 0 unspecified atom stereocenters. The SMILES string of the molecule is CN(C)Cc1ccccc1NC(=O)OCC(F)(F)F. The van der Waals surface area contributed by atoms with Crippen LogP contribution < -0.4 is 5.32 Å². The number of hydrogen-bond donors (Lipinski definition) is 1. The zero-order valence-electron chi connectivity index (χ0n) is 10.6. The quantitative estimate of drug-likeness (QED) is 0.919. The molecule has 0 aliphatic carbocycles. The van der Waals surface area contributed by atoms with Crippen molar-refractivity contribution in [2.75, 3.05) is 26.0 Å². The van der Waals surface area contributed by atoms with Crippen molar-refractivity contribution in [3.8, 4) is 0 Å². The molecule has 0 saturated heterocycles. The van der Waals surface area contributed by atoms with Crippen LogP contribution in [0.1, 0.15) is 5.56 Å². The molecule has 1 N–H and O–H groups in total. The summed E-state index contributed by atoms with van der Waals surface area (Å²) in [4.78, 5) is 13.1. The molecule has 4 nitrogen and oxygen atoms in total. The smallest absolute Gasteiger partial charge is 0.422 e. The molecular weight excluding hydrogens is 261 g/mol. The van der Waals surface area contributed by atoms with Crippen LogP contribution in [-0.4, -0.2) is 37.9 Å². The van der Waals surface area contributed by atoms with Gasteiger partial charge in [-0.25, -0.2) is 4.79 Å². The zero-order valence-corrected chi connectivity index (χ0v) is 10.6. The zero-order chi connectivity index (χ0) is 14.5. The molecule has 0 heterocycles. The summed E-state index contributed by atoms with van der Waals surface area (Å²) in [6.07, 6.45) is -5.65. The fraction of sp³-hybridized carbons (Fsp3) is 0.417. The number of rotatable bonds is 4. The van der Waals surface area contributed by atoms with E-state index in [9.17, 15) is 18.0 Å². The van der Waals surface area contributed by atoms with Gasteiger partial charge < -0.3 is 9.64 Å². The second kappa shape index (κ2) is 6.42. The molecule has 1 aromatic carbocycles. The number of carbonyl (C=O) groups excluding carboxylic acids is 1. The van der Waals surface area contributed by atoms with Crippen LogP contribution in [0, 0.1) is 0 Å². The van der Waals surface area contributed by atoms with E-state index in [4.69, 9.17) is 0 Å². The first-order valence-corrected chi connectivity index (χ1v) is 5.51. The number of benzene rings is 1. The van der Waals surface area contributed by atoms with E-state index in [-0.39, 0.29) is 0 Å². The van der Waals surface area contributed by atoms with Gasteiger partial charge in [-0.1, -0.05) is 18.2 Å². The summed E-state index contributed by atoms with van der Waals surface area (Å²) >= 11 is 0. The van der Waals surface area contributed by atoms with Crippen molar-refractivity contribution in [2.24, 2.45) is 0 Å². The highest BCUT2D eigenvalue weighted by Gasteiger charge is 2.29. The minimum Gasteiger partial charge on any atom is -0.440 e. The molecule has 0 spiro atoms. The lowest BCUT2D eigenvalue weighted by Crippen LogP contribution is -2.24. The van der Waals surface area contributed by atoms with Gasteiger partial charge in [-0.15, -0.1) is 0 Å². The molecule has 0 fully saturated rings. The fourth-order valence-electron chi connectivity index (χ4n) is 1.41. The molecule has 0 bridgehead atoms. The first-order valence-electron chi connectivity index (χ1n) is 5.51. The van der Waals surface area contributed by atoms with Gasteiger partial charge >= 0.3 is 12.3 Å². The van der Waals surface area contributed by atoms with Gasteiger partial charge in [0.2, 0.25) is 0 Å². The van der Waals surface area contributed by atoms with Gasteiger partial charge in [0, 0.05) is 12.2 Å². The normalized spacial score (nSPS) is 11.5. The summed E-state index contributed by atoms with van der Waals surface area (Å²) in [5.41, 5.74) is 1.22. The Morgan fingerprint density at radius 3 is 2.53 bits per heavy atom. The van der Waals surface area contributed by atoms with Crippen LogP contribution in [0.3, 0.4) is 0 Å². The molecule has 1 amide bonds. The van der Waals surface area contributed by atoms with Crippen LogP contribution in [0.2, 0.25) is 0 Å². The summed E-state index contributed by atoms with van der Waals surface area (Å²) in [5, 5.41) is 2.30. The van der Waals surface area contributed by atoms with Crippen molar-refractivity contribution < 1.29 is 22.7 Å². The molecule has 0 aromatic heterocycles. The second-order valence-corrected chi connectivity index (χ2v) is 4.21. The Balaban J connectivity index is 2.63. The topological polar surface area (TPSA) is 41.6 Å². The first-order chi connectivity index (χ1) is 8.78. The lowest BCUT2D eigenvalue weighted by Gasteiger charge is -2.15. The Bertz CT molecular complexity index is 433. The Hall–Kier alpha value is -1.76. The van der Waals surface area contributed by atoms with Gasteiger partial charge in [0.15, 0.2) is 6.61 Å². The highest BCUT2D eigenvalue weighted by Crippen LogP contribution is 2.18. The van der Waals surface area contributed by atoms with E-state index in [1.165, 1.54) is 0 Å². The highest BCUT2D eigenvalue weighted by molar-refractivity contribution is 5.85. The van der Waals surface area contributed by atoms with Gasteiger partial charge in [-0.2, -0.15) is 13.2 Å². The molecule has 1 rings (SSSR count). The number of nitrogens with zero attached hydrogens (tertiary/aromatic N) is 1. The van der Waals surface area contributed by atoms with Crippen molar-refractivity contribution in [3.63, 3.8) is 0 Å². The average molecular weight is 276 g/mol. The molecule has 1 aromatic rings. The third kappa shape index (κ3) is 6.10. The summed E-state index contributed by atoms with van der Waals surface area (Å²) < 4.78 is 39.8. The Morgan fingerprint density at radius 2 is 1.95 bits per heavy atom. The lowest BCUT2D eigenvalue weighted by molar-refractivity contribution is -0.159. The summed E-state index contributed by atoms with van der Waals surface area (Å²) in [6.45, 7) is -1.05. The number of anilines is 1. The molecule has 19 heavy (non-hydrogen) atoms. The largest absolute Gasteiger partial charge is 0.440 e. The van der Waals surface area contributed by atoms with E-state index in [0.29, 0.717) is 12.2 Å². The maximum absolute atomic E-state index is 11.9. The van der Waals surface area contributed by atoms with Crippen LogP contribution >= 0.6 is 0 Å². The summed E-state index contributed by atoms with van der Waals surface area (Å²) in [5.74, 6) is 0. The van der Waals surface area contributed by atoms with Crippen molar-refractivity contribution >= 4 is 11.8 Å². The second-order valence-electron chi connectivity index (χ2n) is 4.21. The van der Waals surface area contributed by atoms with Crippen molar-refractivity contribution in [1.29, 1.82) is 0 Å². The third-order valence-electron chi connectivity index (χ3n) is 2.11. The highest BCUT2D eigenvalue weighted by atomic mass is 19.4. The van der Waals surface area contributed by atoms with Crippen LogP contribution in [-0.2, 0) is 11.3 Å². The lowest BCUT2D eigenvalue weighted by atomic mass is 10.1. The molecule has 0 aliphatic heterocycles. The van der Waals surface area contributed by atoms with Crippen LogP contribution in [0.5, 0.6) is 0 Å². The Kier molecular flexibility index (Phi) is 5.17. The molecule has 106 valence electrons. The number of ether oxygens (including phenoxy) is 1. The van der Waals surface area contributed by atoms with Crippen molar-refractivity contribution in [2.45, 2.75) is 12.7 Å². The minimum absolute atomic E-state index is 0.434. The predicted molar refractivity (Wildman–Crippen MR) is 64.9 cm³/mol. The van der Waals surface area contributed by atoms with Crippen molar-refractivity contribution in [1.82, 2.24) is 4.90 Å². The first kappa shape index (κ1) is 15.3. The molecule has 0 radical (unpaired) electrons. The monoisotopic (exact) mass is 276 g/mol. The molecule has 7 heteroatoms. The number of amides is 1. The standard InChI is InChI=1S/C12H15F3N2O2/c1-17(2)7-9-5-3-4-6-10(9)16-11(18)19-8-12(13,14)15/h3-6H,7-8H2,1-2H3,(H,16,18). The summed E-state index contributed by atoms with van der Waals surface area (Å²) in [7, 11) is 3.69. The van der Waals surface area contributed by atoms with Gasteiger partial charge in [-0.3, -0.25) is 5.32 Å². The number of hydrogen-bond acceptors (Lipinski definition) is 3. The number of carbonyl (C=O) groups is 1. The van der Waals surface area contributed by atoms with E-state index in [0.717, 1.165) is 5.56 Å². The van der Waals surface area contributed by atoms with Gasteiger partial charge in [0.25, 0.3) is 0 Å². The van der Waals surface area contributed by atoms with E-state index in [2.05, 4.69) is 10.1 Å². The molecular formula is C12H15F3N2O2. The van der Waals surface area contributed by atoms with Crippen LogP contribution in [0.25, 0.3) is 0 Å². The number of para-hydroxylation sites is 1. The van der Waals surface area contributed by atoms with Gasteiger partial charge in [0.05, 0.1) is 0 Å². The van der Waals surface area contributed by atoms with E-state index in [1.807, 2.05) is 19.0 Å². The number of alkyl halides is 3. The van der Waals surface area contributed by atoms with Gasteiger partial charge in [0.1, 0.15) is 0 Å². The Labute approximate surface area is 109 Å². The Morgan fingerprint density at radius 1 is 1.32 bits per heavy atom. The number of nitrogens with one attached hydrogen (secondary N) is 1. The maximum atomic E-state index is 11.9. The minimum atomic E-state index is -4.53. The summed E-state index contributed by atoms with van der Waals surface area (Å²) in [6, 6.07) is 6.84. The van der Waals surface area contributed by atoms with E-state index >= 15 is 0 Å².